The topological polar surface area (TPSA) is 58.6 Å². The molecule has 2 aromatic rings. The van der Waals surface area contributed by atoms with Gasteiger partial charge in [-0.2, -0.15) is 0 Å². The normalized spacial score (nSPS) is 17.2. The molecule has 2 amide bonds. The average molecular weight is 324 g/mol. The molecule has 1 N–H and O–H groups in total. The van der Waals surface area contributed by atoms with Gasteiger partial charge >= 0.3 is 0 Å². The van der Waals surface area contributed by atoms with Gasteiger partial charge in [-0.1, -0.05) is 18.2 Å². The van der Waals surface area contributed by atoms with E-state index in [1.807, 2.05) is 38.1 Å². The number of ether oxygens (including phenoxy) is 1. The van der Waals surface area contributed by atoms with E-state index in [1.54, 1.807) is 24.3 Å². The van der Waals surface area contributed by atoms with E-state index < -0.39 is 6.04 Å². The van der Waals surface area contributed by atoms with Crippen molar-refractivity contribution >= 4 is 23.2 Å². The lowest BCUT2D eigenvalue weighted by Crippen LogP contribution is -2.34. The van der Waals surface area contributed by atoms with Crippen LogP contribution >= 0.6 is 0 Å². The molecule has 0 radical (unpaired) electrons. The van der Waals surface area contributed by atoms with Crippen LogP contribution in [0.3, 0.4) is 0 Å². The second kappa shape index (κ2) is 6.74. The molecule has 1 aliphatic rings. The predicted octanol–water partition coefficient (Wildman–Crippen LogP) is 3.14. The Kier molecular flexibility index (Phi) is 4.51. The third-order valence-electron chi connectivity index (χ3n) is 4.03. The number of carbonyl (C=O) groups excluding carboxylic acids is 2. The highest BCUT2D eigenvalue weighted by molar-refractivity contribution is 6.23. The summed E-state index contributed by atoms with van der Waals surface area (Å²) in [6, 6.07) is 14.2. The van der Waals surface area contributed by atoms with Crippen molar-refractivity contribution in [2.24, 2.45) is 0 Å². The summed E-state index contributed by atoms with van der Waals surface area (Å²) in [5, 5.41) is 3.18. The zero-order chi connectivity index (χ0) is 17.1. The lowest BCUT2D eigenvalue weighted by molar-refractivity contribution is -0.121. The Bertz CT molecular complexity index is 755. The molecule has 0 spiro atoms. The number of nitrogens with one attached hydrogen (secondary N) is 1. The number of benzene rings is 2. The van der Waals surface area contributed by atoms with E-state index in [-0.39, 0.29) is 18.2 Å². The monoisotopic (exact) mass is 324 g/mol. The van der Waals surface area contributed by atoms with E-state index in [1.165, 1.54) is 4.90 Å². The van der Waals surface area contributed by atoms with Crippen molar-refractivity contribution < 1.29 is 14.3 Å². The molecule has 1 saturated heterocycles. The van der Waals surface area contributed by atoms with Crippen molar-refractivity contribution in [3.05, 3.63) is 54.1 Å². The van der Waals surface area contributed by atoms with Crippen LogP contribution in [0.15, 0.2) is 48.5 Å². The number of nitrogens with zero attached hydrogens (tertiary/aromatic N) is 1. The van der Waals surface area contributed by atoms with Crippen molar-refractivity contribution in [2.45, 2.75) is 26.3 Å². The molecular weight excluding hydrogens is 304 g/mol. The predicted molar refractivity (Wildman–Crippen MR) is 93.3 cm³/mol. The van der Waals surface area contributed by atoms with Gasteiger partial charge in [0.2, 0.25) is 5.91 Å². The van der Waals surface area contributed by atoms with Crippen molar-refractivity contribution in [1.82, 2.24) is 0 Å². The molecule has 1 atom stereocenters. The van der Waals surface area contributed by atoms with Gasteiger partial charge in [-0.25, -0.2) is 4.90 Å². The highest BCUT2D eigenvalue weighted by Crippen LogP contribution is 2.27. The average Bonchev–Trinajstić information content (AvgIpc) is 2.85. The maximum atomic E-state index is 12.7. The molecule has 24 heavy (non-hydrogen) atoms. The molecule has 0 aliphatic carbocycles. The Balaban J connectivity index is 1.77. The summed E-state index contributed by atoms with van der Waals surface area (Å²) in [5.74, 6) is 0.289. The smallest absolute Gasteiger partial charge is 0.256 e. The van der Waals surface area contributed by atoms with Crippen LogP contribution in [-0.4, -0.2) is 24.5 Å². The largest absolute Gasteiger partial charge is 0.494 e. The van der Waals surface area contributed by atoms with E-state index >= 15 is 0 Å². The van der Waals surface area contributed by atoms with E-state index in [0.29, 0.717) is 12.3 Å². The standard InChI is InChI=1S/C19H20N2O3/c1-3-24-15-10-8-14(9-11-15)21-18(22)12-17(19(21)23)20-16-7-5-4-6-13(16)2/h4-11,17,20H,3,12H2,1-2H3/t17-/m0/s1. The molecule has 5 nitrogen and oxygen atoms in total. The number of rotatable bonds is 5. The highest BCUT2D eigenvalue weighted by atomic mass is 16.5. The first-order valence-corrected chi connectivity index (χ1v) is 8.02. The Morgan fingerprint density at radius 3 is 2.50 bits per heavy atom. The number of para-hydroxylation sites is 1. The maximum Gasteiger partial charge on any atom is 0.256 e. The first-order valence-electron chi connectivity index (χ1n) is 8.02. The van der Waals surface area contributed by atoms with E-state index in [2.05, 4.69) is 5.32 Å². The van der Waals surface area contributed by atoms with Gasteiger partial charge < -0.3 is 10.1 Å². The number of carbonyl (C=O) groups is 2. The van der Waals surface area contributed by atoms with Crippen molar-refractivity contribution in [3.8, 4) is 5.75 Å². The second-order valence-electron chi connectivity index (χ2n) is 5.71. The van der Waals surface area contributed by atoms with E-state index in [0.717, 1.165) is 17.0 Å². The molecule has 1 aliphatic heterocycles. The lowest BCUT2D eigenvalue weighted by atomic mass is 10.1. The third kappa shape index (κ3) is 3.11. The Morgan fingerprint density at radius 1 is 1.12 bits per heavy atom. The van der Waals surface area contributed by atoms with E-state index in [4.69, 9.17) is 4.74 Å². The number of anilines is 2. The number of hydrogen-bond donors (Lipinski definition) is 1. The van der Waals surface area contributed by atoms with Gasteiger partial charge in [-0.3, -0.25) is 9.59 Å². The zero-order valence-corrected chi connectivity index (χ0v) is 13.8. The van der Waals surface area contributed by atoms with Crippen molar-refractivity contribution in [2.75, 3.05) is 16.8 Å². The Hall–Kier alpha value is -2.82. The molecule has 0 saturated carbocycles. The summed E-state index contributed by atoms with van der Waals surface area (Å²) in [4.78, 5) is 26.2. The minimum atomic E-state index is -0.537. The number of hydrogen-bond acceptors (Lipinski definition) is 4. The Morgan fingerprint density at radius 2 is 1.83 bits per heavy atom. The zero-order valence-electron chi connectivity index (χ0n) is 13.8. The van der Waals surface area contributed by atoms with Gasteiger partial charge in [-0.15, -0.1) is 0 Å². The maximum absolute atomic E-state index is 12.7. The number of imide groups is 1. The van der Waals surface area contributed by atoms with Crippen LogP contribution in [0.5, 0.6) is 5.75 Å². The van der Waals surface area contributed by atoms with Gasteiger partial charge in [0.25, 0.3) is 5.91 Å². The first-order chi connectivity index (χ1) is 11.6. The van der Waals surface area contributed by atoms with Gasteiger partial charge in [0, 0.05) is 5.69 Å². The minimum absolute atomic E-state index is 0.153. The molecular formula is C19H20N2O3. The fourth-order valence-corrected chi connectivity index (χ4v) is 2.80. The molecule has 1 heterocycles. The first kappa shape index (κ1) is 16.1. The van der Waals surface area contributed by atoms with Crippen LogP contribution in [0.4, 0.5) is 11.4 Å². The molecule has 3 rings (SSSR count). The van der Waals surface area contributed by atoms with E-state index in [9.17, 15) is 9.59 Å². The van der Waals surface area contributed by atoms with Gasteiger partial charge in [0.1, 0.15) is 11.8 Å². The van der Waals surface area contributed by atoms with Crippen LogP contribution in [0, 0.1) is 6.92 Å². The van der Waals surface area contributed by atoms with Crippen LogP contribution in [0.25, 0.3) is 0 Å². The summed E-state index contributed by atoms with van der Waals surface area (Å²) in [5.41, 5.74) is 2.48. The van der Waals surface area contributed by atoms with Gasteiger partial charge in [0.05, 0.1) is 18.7 Å². The highest BCUT2D eigenvalue weighted by Gasteiger charge is 2.39. The quantitative estimate of drug-likeness (QED) is 0.859. The molecule has 1 fully saturated rings. The van der Waals surface area contributed by atoms with Crippen molar-refractivity contribution in [1.29, 1.82) is 0 Å². The van der Waals surface area contributed by atoms with Crippen LogP contribution < -0.4 is 15.0 Å². The second-order valence-corrected chi connectivity index (χ2v) is 5.71. The summed E-state index contributed by atoms with van der Waals surface area (Å²) in [6.45, 7) is 4.44. The molecule has 124 valence electrons. The molecule has 0 aromatic heterocycles. The SMILES string of the molecule is CCOc1ccc(N2C(=O)C[C@H](Nc3ccccc3C)C2=O)cc1. The molecule has 0 bridgehead atoms. The lowest BCUT2D eigenvalue weighted by Gasteiger charge is -2.17. The molecule has 5 heteroatoms. The van der Waals surface area contributed by atoms with Crippen LogP contribution in [0.1, 0.15) is 18.9 Å². The summed E-state index contributed by atoms with van der Waals surface area (Å²) in [6.07, 6.45) is 0.153. The fraction of sp³-hybridized carbons (Fsp3) is 0.263. The van der Waals surface area contributed by atoms with Gasteiger partial charge in [0.15, 0.2) is 0 Å². The third-order valence-corrected chi connectivity index (χ3v) is 4.03. The van der Waals surface area contributed by atoms with Crippen LogP contribution in [0.2, 0.25) is 0 Å². The molecule has 0 unspecified atom stereocenters. The fourth-order valence-electron chi connectivity index (χ4n) is 2.80. The van der Waals surface area contributed by atoms with Crippen molar-refractivity contribution in [3.63, 3.8) is 0 Å². The minimum Gasteiger partial charge on any atom is -0.494 e. The molecule has 2 aromatic carbocycles. The summed E-state index contributed by atoms with van der Waals surface area (Å²) >= 11 is 0. The number of aryl methyl sites for hydroxylation is 1. The summed E-state index contributed by atoms with van der Waals surface area (Å²) < 4.78 is 5.39. The van der Waals surface area contributed by atoms with Crippen LogP contribution in [-0.2, 0) is 9.59 Å². The Labute approximate surface area is 141 Å². The number of amides is 2. The summed E-state index contributed by atoms with van der Waals surface area (Å²) in [7, 11) is 0. The van der Waals surface area contributed by atoms with Gasteiger partial charge in [-0.05, 0) is 49.7 Å².